The molecule has 150 valence electrons. The van der Waals surface area contributed by atoms with Crippen molar-refractivity contribution in [1.82, 2.24) is 14.5 Å². The highest BCUT2D eigenvalue weighted by Gasteiger charge is 2.17. The number of hydrogen-bond donors (Lipinski definition) is 2. The van der Waals surface area contributed by atoms with Crippen LogP contribution >= 0.6 is 0 Å². The Bertz CT molecular complexity index is 1150. The predicted molar refractivity (Wildman–Crippen MR) is 114 cm³/mol. The number of nitrogens with one attached hydrogen (secondary N) is 2. The highest BCUT2D eigenvalue weighted by Crippen LogP contribution is 2.28. The Labute approximate surface area is 173 Å². The molecule has 2 heterocycles. The molecule has 2 amide bonds. The zero-order chi connectivity index (χ0) is 20.9. The van der Waals surface area contributed by atoms with E-state index in [1.807, 2.05) is 48.0 Å². The molecule has 30 heavy (non-hydrogen) atoms. The van der Waals surface area contributed by atoms with Crippen molar-refractivity contribution in [2.24, 2.45) is 0 Å². The zero-order valence-electron chi connectivity index (χ0n) is 16.3. The Hall–Kier alpha value is -4.00. The minimum atomic E-state index is -0.514. The van der Waals surface area contributed by atoms with Crippen LogP contribution in [0.4, 0.5) is 20.6 Å². The molecule has 0 spiro atoms. The van der Waals surface area contributed by atoms with Gasteiger partial charge in [-0.05, 0) is 60.0 Å². The molecule has 6 nitrogen and oxygen atoms in total. The number of aryl methyl sites for hydroxylation is 1. The number of urea groups is 1. The van der Waals surface area contributed by atoms with Gasteiger partial charge in [-0.3, -0.25) is 4.98 Å². The van der Waals surface area contributed by atoms with Gasteiger partial charge in [-0.2, -0.15) is 0 Å². The average Bonchev–Trinajstić information content (AvgIpc) is 3.26. The summed E-state index contributed by atoms with van der Waals surface area (Å²) in [7, 11) is 0. The highest BCUT2D eigenvalue weighted by molar-refractivity contribution is 5.99. The summed E-state index contributed by atoms with van der Waals surface area (Å²) in [6.45, 7) is 1.83. The second-order valence-electron chi connectivity index (χ2n) is 6.88. The minimum absolute atomic E-state index is 0.130. The minimum Gasteiger partial charge on any atom is -0.326 e. The number of nitrogens with zero attached hydrogens (tertiary/aromatic N) is 3. The van der Waals surface area contributed by atoms with Crippen molar-refractivity contribution in [3.63, 3.8) is 0 Å². The Morgan fingerprint density at radius 2 is 1.80 bits per heavy atom. The number of amides is 2. The number of hydrogen-bond acceptors (Lipinski definition) is 3. The third-order valence-electron chi connectivity index (χ3n) is 4.68. The molecule has 4 rings (SSSR count). The first-order chi connectivity index (χ1) is 14.6. The molecule has 2 N–H and O–H groups in total. The smallest absolute Gasteiger partial charge is 0.323 e. The largest absolute Gasteiger partial charge is 0.326 e. The van der Waals surface area contributed by atoms with E-state index in [9.17, 15) is 9.18 Å². The van der Waals surface area contributed by atoms with Gasteiger partial charge in [0.2, 0.25) is 0 Å². The standard InChI is InChI=1S/C23H20FN5O/c1-16-5-6-20(24)21(13-16)28-23(30)27-19-4-2-3-18(14-19)22(29-12-11-26-15-29)17-7-9-25-10-8-17/h2-15,22H,1H3,(H2,27,28,30). The molecule has 2 aromatic heterocycles. The number of pyridine rings is 1. The number of benzene rings is 2. The number of aromatic nitrogens is 3. The van der Waals surface area contributed by atoms with Gasteiger partial charge in [-0.25, -0.2) is 14.2 Å². The zero-order valence-corrected chi connectivity index (χ0v) is 16.3. The van der Waals surface area contributed by atoms with Gasteiger partial charge in [0.05, 0.1) is 18.1 Å². The number of rotatable bonds is 5. The molecule has 0 aliphatic carbocycles. The number of carbonyl (C=O) groups is 1. The van der Waals surface area contributed by atoms with Gasteiger partial charge in [-0.15, -0.1) is 0 Å². The first-order valence-corrected chi connectivity index (χ1v) is 9.41. The number of carbonyl (C=O) groups excluding carboxylic acids is 1. The average molecular weight is 401 g/mol. The van der Waals surface area contributed by atoms with Crippen LogP contribution in [0.3, 0.4) is 0 Å². The quantitative estimate of drug-likeness (QED) is 0.494. The molecule has 2 aromatic carbocycles. The lowest BCUT2D eigenvalue weighted by atomic mass is 9.99. The lowest BCUT2D eigenvalue weighted by molar-refractivity contribution is 0.262. The van der Waals surface area contributed by atoms with E-state index in [4.69, 9.17) is 0 Å². The van der Waals surface area contributed by atoms with Crippen molar-refractivity contribution < 1.29 is 9.18 Å². The topological polar surface area (TPSA) is 71.8 Å². The molecule has 7 heteroatoms. The molecule has 1 atom stereocenters. The van der Waals surface area contributed by atoms with Crippen molar-refractivity contribution in [2.45, 2.75) is 13.0 Å². The van der Waals surface area contributed by atoms with Crippen LogP contribution < -0.4 is 10.6 Å². The van der Waals surface area contributed by atoms with E-state index >= 15 is 0 Å². The van der Waals surface area contributed by atoms with Gasteiger partial charge in [0.15, 0.2) is 0 Å². The Morgan fingerprint density at radius 3 is 2.57 bits per heavy atom. The second-order valence-corrected chi connectivity index (χ2v) is 6.88. The van der Waals surface area contributed by atoms with E-state index in [1.54, 1.807) is 43.1 Å². The van der Waals surface area contributed by atoms with Crippen molar-refractivity contribution in [2.75, 3.05) is 10.6 Å². The Morgan fingerprint density at radius 1 is 0.967 bits per heavy atom. The van der Waals surface area contributed by atoms with Crippen LogP contribution in [0, 0.1) is 12.7 Å². The van der Waals surface area contributed by atoms with Gasteiger partial charge < -0.3 is 15.2 Å². The summed E-state index contributed by atoms with van der Waals surface area (Å²) in [4.78, 5) is 20.7. The molecule has 0 aliphatic rings. The van der Waals surface area contributed by atoms with Crippen molar-refractivity contribution in [3.05, 3.63) is 108 Å². The van der Waals surface area contributed by atoms with E-state index < -0.39 is 11.8 Å². The van der Waals surface area contributed by atoms with Gasteiger partial charge in [0, 0.05) is 30.5 Å². The maximum absolute atomic E-state index is 13.9. The normalized spacial score (nSPS) is 11.7. The summed E-state index contributed by atoms with van der Waals surface area (Å²) in [5.74, 6) is -0.484. The summed E-state index contributed by atoms with van der Waals surface area (Å²) < 4.78 is 15.9. The summed E-state index contributed by atoms with van der Waals surface area (Å²) in [5, 5.41) is 5.33. The number of anilines is 2. The van der Waals surface area contributed by atoms with E-state index in [2.05, 4.69) is 20.6 Å². The summed E-state index contributed by atoms with van der Waals surface area (Å²) in [5.41, 5.74) is 3.58. The van der Waals surface area contributed by atoms with Crippen LogP contribution in [0.15, 0.2) is 85.7 Å². The lowest BCUT2D eigenvalue weighted by Gasteiger charge is -2.20. The molecular formula is C23H20FN5O. The van der Waals surface area contributed by atoms with Gasteiger partial charge in [0.25, 0.3) is 0 Å². The van der Waals surface area contributed by atoms with E-state index in [0.717, 1.165) is 16.7 Å². The summed E-state index contributed by atoms with van der Waals surface area (Å²) >= 11 is 0. The van der Waals surface area contributed by atoms with Crippen LogP contribution in [-0.2, 0) is 0 Å². The van der Waals surface area contributed by atoms with Crippen LogP contribution in [0.2, 0.25) is 0 Å². The molecular weight excluding hydrogens is 381 g/mol. The first kappa shape index (κ1) is 19.3. The van der Waals surface area contributed by atoms with Crippen molar-refractivity contribution in [3.8, 4) is 0 Å². The Balaban J connectivity index is 1.58. The summed E-state index contributed by atoms with van der Waals surface area (Å²) in [6.07, 6.45) is 8.84. The fraction of sp³-hybridized carbons (Fsp3) is 0.0870. The number of imidazole rings is 1. The molecule has 0 radical (unpaired) electrons. The van der Waals surface area contributed by atoms with Gasteiger partial charge >= 0.3 is 6.03 Å². The molecule has 0 aliphatic heterocycles. The van der Waals surface area contributed by atoms with Crippen LogP contribution in [0.5, 0.6) is 0 Å². The Kier molecular flexibility index (Phi) is 5.52. The third kappa shape index (κ3) is 4.35. The van der Waals surface area contributed by atoms with Crippen molar-refractivity contribution in [1.29, 1.82) is 0 Å². The molecule has 0 saturated heterocycles. The van der Waals surface area contributed by atoms with Gasteiger partial charge in [-0.1, -0.05) is 18.2 Å². The van der Waals surface area contributed by atoms with E-state index in [0.29, 0.717) is 5.69 Å². The second kappa shape index (κ2) is 8.57. The molecule has 0 saturated carbocycles. The maximum Gasteiger partial charge on any atom is 0.323 e. The first-order valence-electron chi connectivity index (χ1n) is 9.41. The molecule has 0 bridgehead atoms. The van der Waals surface area contributed by atoms with Crippen LogP contribution in [0.25, 0.3) is 0 Å². The van der Waals surface area contributed by atoms with Gasteiger partial charge in [0.1, 0.15) is 5.82 Å². The summed E-state index contributed by atoms with van der Waals surface area (Å²) in [6, 6.07) is 15.3. The van der Waals surface area contributed by atoms with E-state index in [1.165, 1.54) is 6.07 Å². The number of halogens is 1. The lowest BCUT2D eigenvalue weighted by Crippen LogP contribution is -2.20. The maximum atomic E-state index is 13.9. The molecule has 4 aromatic rings. The van der Waals surface area contributed by atoms with Crippen LogP contribution in [-0.4, -0.2) is 20.6 Å². The fourth-order valence-corrected chi connectivity index (χ4v) is 3.31. The van der Waals surface area contributed by atoms with Crippen molar-refractivity contribution >= 4 is 17.4 Å². The predicted octanol–water partition coefficient (Wildman–Crippen LogP) is 5.01. The third-order valence-corrected chi connectivity index (χ3v) is 4.68. The highest BCUT2D eigenvalue weighted by atomic mass is 19.1. The molecule has 1 unspecified atom stereocenters. The van der Waals surface area contributed by atoms with Crippen LogP contribution in [0.1, 0.15) is 22.7 Å². The van der Waals surface area contributed by atoms with E-state index in [-0.39, 0.29) is 11.7 Å². The fourth-order valence-electron chi connectivity index (χ4n) is 3.31. The molecule has 0 fully saturated rings. The monoisotopic (exact) mass is 401 g/mol. The SMILES string of the molecule is Cc1ccc(F)c(NC(=O)Nc2cccc(C(c3ccncc3)n3ccnc3)c2)c1.